The maximum atomic E-state index is 12.7. The van der Waals surface area contributed by atoms with Crippen LogP contribution in [0.5, 0.6) is 5.75 Å². The first-order chi connectivity index (χ1) is 12.8. The van der Waals surface area contributed by atoms with Crippen LogP contribution >= 0.6 is 11.6 Å². The Kier molecular flexibility index (Phi) is 7.24. The van der Waals surface area contributed by atoms with Gasteiger partial charge in [0.05, 0.1) is 18.0 Å². The highest BCUT2D eigenvalue weighted by atomic mass is 35.5. The van der Waals surface area contributed by atoms with E-state index in [4.69, 9.17) is 16.3 Å². The number of nitrogens with one attached hydrogen (secondary N) is 1. The number of amides is 1. The molecule has 0 bridgehead atoms. The zero-order valence-electron chi connectivity index (χ0n) is 15.5. The number of benzene rings is 2. The molecule has 8 heteroatoms. The molecule has 0 aliphatic rings. The van der Waals surface area contributed by atoms with Crippen molar-refractivity contribution in [1.29, 1.82) is 0 Å². The minimum Gasteiger partial charge on any atom is -0.494 e. The predicted octanol–water partition coefficient (Wildman–Crippen LogP) is 2.98. The molecule has 0 saturated carbocycles. The molecule has 6 nitrogen and oxygen atoms in total. The molecule has 2 rings (SSSR count). The summed E-state index contributed by atoms with van der Waals surface area (Å²) in [7, 11) is -2.42. The number of carbonyl (C=O) groups is 1. The molecule has 0 fully saturated rings. The fourth-order valence-electron chi connectivity index (χ4n) is 2.46. The third-order valence-electron chi connectivity index (χ3n) is 3.95. The number of carbonyl (C=O) groups excluding carboxylic acids is 1. The second-order valence-electron chi connectivity index (χ2n) is 5.99. The molecule has 0 spiro atoms. The average molecular weight is 411 g/mol. The Labute approximate surface area is 165 Å². The van der Waals surface area contributed by atoms with Gasteiger partial charge in [-0.25, -0.2) is 8.42 Å². The van der Waals surface area contributed by atoms with E-state index in [2.05, 4.69) is 5.32 Å². The Morgan fingerprint density at radius 3 is 2.56 bits per heavy atom. The molecule has 2 aromatic rings. The first-order valence-electron chi connectivity index (χ1n) is 8.45. The van der Waals surface area contributed by atoms with Crippen molar-refractivity contribution >= 4 is 27.5 Å². The van der Waals surface area contributed by atoms with Crippen LogP contribution in [0.15, 0.2) is 47.4 Å². The van der Waals surface area contributed by atoms with E-state index in [1.807, 2.05) is 13.0 Å². The quantitative estimate of drug-likeness (QED) is 0.725. The predicted molar refractivity (Wildman–Crippen MR) is 105 cm³/mol. The molecule has 0 atom stereocenters. The van der Waals surface area contributed by atoms with Crippen molar-refractivity contribution in [3.8, 4) is 5.75 Å². The Balaban J connectivity index is 2.03. The summed E-state index contributed by atoms with van der Waals surface area (Å²) >= 11 is 6.05. The Hall–Kier alpha value is -2.09. The molecule has 27 heavy (non-hydrogen) atoms. The van der Waals surface area contributed by atoms with Gasteiger partial charge in [0.15, 0.2) is 0 Å². The second kappa shape index (κ2) is 9.21. The number of rotatable bonds is 8. The normalized spacial score (nSPS) is 11.4. The first-order valence-corrected chi connectivity index (χ1v) is 10.3. The number of halogens is 1. The van der Waals surface area contributed by atoms with Gasteiger partial charge in [0, 0.05) is 18.6 Å². The number of hydrogen-bond acceptors (Lipinski definition) is 4. The van der Waals surface area contributed by atoms with Crippen LogP contribution in [0.2, 0.25) is 5.02 Å². The Morgan fingerprint density at radius 2 is 1.93 bits per heavy atom. The Morgan fingerprint density at radius 1 is 1.22 bits per heavy atom. The van der Waals surface area contributed by atoms with Crippen molar-refractivity contribution in [2.75, 3.05) is 20.2 Å². The van der Waals surface area contributed by atoms with E-state index in [-0.39, 0.29) is 18.0 Å². The highest BCUT2D eigenvalue weighted by Gasteiger charge is 2.23. The van der Waals surface area contributed by atoms with Gasteiger partial charge in [-0.3, -0.25) is 4.79 Å². The van der Waals surface area contributed by atoms with Gasteiger partial charge in [0.2, 0.25) is 15.9 Å². The van der Waals surface area contributed by atoms with Crippen molar-refractivity contribution in [2.24, 2.45) is 0 Å². The summed E-state index contributed by atoms with van der Waals surface area (Å²) in [5.41, 5.74) is 1.48. The molecule has 1 amide bonds. The first kappa shape index (κ1) is 21.2. The molecule has 146 valence electrons. The highest BCUT2D eigenvalue weighted by Crippen LogP contribution is 2.23. The van der Waals surface area contributed by atoms with Gasteiger partial charge in [0.25, 0.3) is 0 Å². The number of sulfonamides is 1. The zero-order valence-corrected chi connectivity index (χ0v) is 17.1. The van der Waals surface area contributed by atoms with Gasteiger partial charge < -0.3 is 10.1 Å². The van der Waals surface area contributed by atoms with Crippen molar-refractivity contribution in [3.05, 3.63) is 58.6 Å². The monoisotopic (exact) mass is 410 g/mol. The standard InChI is InChI=1S/C19H23ClN2O4S/c1-4-26-18-10-9-16(11-14(18)2)27(24,25)22(3)13-19(23)21-12-15-7-5-6-8-17(15)20/h5-11H,4,12-13H2,1-3H3,(H,21,23). The molecule has 0 saturated heterocycles. The topological polar surface area (TPSA) is 75.7 Å². The van der Waals surface area contributed by atoms with Gasteiger partial charge in [0.1, 0.15) is 5.75 Å². The van der Waals surface area contributed by atoms with E-state index in [1.54, 1.807) is 37.3 Å². The molecule has 1 N–H and O–H groups in total. The molecular weight excluding hydrogens is 388 g/mol. The minimum atomic E-state index is -3.79. The van der Waals surface area contributed by atoms with Crippen LogP contribution in [0.25, 0.3) is 0 Å². The lowest BCUT2D eigenvalue weighted by atomic mass is 10.2. The number of hydrogen-bond donors (Lipinski definition) is 1. The molecule has 0 aliphatic heterocycles. The fourth-order valence-corrected chi connectivity index (χ4v) is 3.87. The maximum absolute atomic E-state index is 12.7. The van der Waals surface area contributed by atoms with E-state index < -0.39 is 15.9 Å². The van der Waals surface area contributed by atoms with Gasteiger partial charge in [-0.15, -0.1) is 0 Å². The van der Waals surface area contributed by atoms with Crippen LogP contribution in [0, 0.1) is 6.92 Å². The SMILES string of the molecule is CCOc1ccc(S(=O)(=O)N(C)CC(=O)NCc2ccccc2Cl)cc1C. The summed E-state index contributed by atoms with van der Waals surface area (Å²) in [6.07, 6.45) is 0. The molecule has 0 aromatic heterocycles. The van der Waals surface area contributed by atoms with Gasteiger partial charge >= 0.3 is 0 Å². The number of likely N-dealkylation sites (N-methyl/N-ethyl adjacent to an activating group) is 1. The van der Waals surface area contributed by atoms with E-state index in [0.29, 0.717) is 17.4 Å². The van der Waals surface area contributed by atoms with E-state index >= 15 is 0 Å². The van der Waals surface area contributed by atoms with Crippen molar-refractivity contribution in [3.63, 3.8) is 0 Å². The second-order valence-corrected chi connectivity index (χ2v) is 8.44. The maximum Gasteiger partial charge on any atom is 0.243 e. The summed E-state index contributed by atoms with van der Waals surface area (Å²) in [4.78, 5) is 12.3. The largest absolute Gasteiger partial charge is 0.494 e. The number of aryl methyl sites for hydroxylation is 1. The summed E-state index contributed by atoms with van der Waals surface area (Å²) in [5.74, 6) is 0.222. The lowest BCUT2D eigenvalue weighted by Gasteiger charge is -2.18. The Bertz CT molecular complexity index is 916. The molecule has 0 unspecified atom stereocenters. The van der Waals surface area contributed by atoms with Crippen molar-refractivity contribution in [1.82, 2.24) is 9.62 Å². The van der Waals surface area contributed by atoms with Gasteiger partial charge in [-0.05, 0) is 49.2 Å². The van der Waals surface area contributed by atoms with E-state index in [1.165, 1.54) is 13.1 Å². The van der Waals surface area contributed by atoms with Gasteiger partial charge in [-0.2, -0.15) is 4.31 Å². The highest BCUT2D eigenvalue weighted by molar-refractivity contribution is 7.89. The summed E-state index contributed by atoms with van der Waals surface area (Å²) < 4.78 is 31.9. The van der Waals surface area contributed by atoms with Crippen LogP contribution in [0.3, 0.4) is 0 Å². The van der Waals surface area contributed by atoms with Crippen LogP contribution in [-0.4, -0.2) is 38.8 Å². The molecule has 2 aromatic carbocycles. The van der Waals surface area contributed by atoms with Crippen LogP contribution in [0.4, 0.5) is 0 Å². The van der Waals surface area contributed by atoms with Gasteiger partial charge in [-0.1, -0.05) is 29.8 Å². The summed E-state index contributed by atoms with van der Waals surface area (Å²) in [6.45, 7) is 4.07. The molecule has 0 aliphatic carbocycles. The lowest BCUT2D eigenvalue weighted by Crippen LogP contribution is -2.38. The fraction of sp³-hybridized carbons (Fsp3) is 0.316. The van der Waals surface area contributed by atoms with E-state index in [9.17, 15) is 13.2 Å². The zero-order chi connectivity index (χ0) is 20.0. The van der Waals surface area contributed by atoms with Crippen LogP contribution in [0.1, 0.15) is 18.1 Å². The summed E-state index contributed by atoms with van der Waals surface area (Å²) in [5, 5.41) is 3.23. The average Bonchev–Trinajstić information content (AvgIpc) is 2.62. The van der Waals surface area contributed by atoms with E-state index in [0.717, 1.165) is 15.4 Å². The minimum absolute atomic E-state index is 0.116. The molecular formula is C19H23ClN2O4S. The molecule has 0 radical (unpaired) electrons. The summed E-state index contributed by atoms with van der Waals surface area (Å²) in [6, 6.07) is 11.8. The third kappa shape index (κ3) is 5.45. The smallest absolute Gasteiger partial charge is 0.243 e. The van der Waals surface area contributed by atoms with Crippen molar-refractivity contribution < 1.29 is 17.9 Å². The number of nitrogens with zero attached hydrogens (tertiary/aromatic N) is 1. The van der Waals surface area contributed by atoms with Crippen LogP contribution < -0.4 is 10.1 Å². The third-order valence-corrected chi connectivity index (χ3v) is 6.12. The molecule has 0 heterocycles. The van der Waals surface area contributed by atoms with Crippen LogP contribution in [-0.2, 0) is 21.4 Å². The lowest BCUT2D eigenvalue weighted by molar-refractivity contribution is -0.121. The van der Waals surface area contributed by atoms with Crippen molar-refractivity contribution in [2.45, 2.75) is 25.3 Å². The number of ether oxygens (including phenoxy) is 1.